The zero-order chi connectivity index (χ0) is 13.2. The quantitative estimate of drug-likeness (QED) is 0.665. The molecule has 1 atom stereocenters. The van der Waals surface area contributed by atoms with E-state index in [0.29, 0.717) is 0 Å². The van der Waals surface area contributed by atoms with Crippen molar-refractivity contribution in [3.8, 4) is 0 Å². The summed E-state index contributed by atoms with van der Waals surface area (Å²) in [6.07, 6.45) is 8.40. The second-order valence-electron chi connectivity index (χ2n) is 5.86. The van der Waals surface area contributed by atoms with Gasteiger partial charge < -0.3 is 4.90 Å². The molecule has 104 valence electrons. The van der Waals surface area contributed by atoms with E-state index < -0.39 is 0 Å². The molecule has 19 heavy (non-hydrogen) atoms. The first-order valence-corrected chi connectivity index (χ1v) is 8.90. The molecule has 0 spiro atoms. The van der Waals surface area contributed by atoms with Gasteiger partial charge in [0, 0.05) is 28.6 Å². The first-order chi connectivity index (χ1) is 9.29. The molecule has 0 N–H and O–H groups in total. The fourth-order valence-corrected chi connectivity index (χ4v) is 4.66. The number of rotatable bonds is 3. The van der Waals surface area contributed by atoms with Crippen LogP contribution in [-0.2, 0) is 5.33 Å². The Bertz CT molecular complexity index is 442. The van der Waals surface area contributed by atoms with Crippen molar-refractivity contribution in [2.45, 2.75) is 49.9 Å². The Morgan fingerprint density at radius 2 is 1.95 bits per heavy atom. The first kappa shape index (κ1) is 13.8. The van der Waals surface area contributed by atoms with Crippen LogP contribution in [0.1, 0.15) is 44.1 Å². The zero-order valence-corrected chi connectivity index (χ0v) is 13.6. The topological polar surface area (TPSA) is 3.24 Å². The summed E-state index contributed by atoms with van der Waals surface area (Å²) < 4.78 is 0. The van der Waals surface area contributed by atoms with Crippen LogP contribution in [0.25, 0.3) is 0 Å². The Hall–Kier alpha value is -0.210. The molecule has 1 unspecified atom stereocenters. The van der Waals surface area contributed by atoms with Gasteiger partial charge in [0.15, 0.2) is 0 Å². The highest BCUT2D eigenvalue weighted by Gasteiger charge is 2.33. The molecule has 0 bridgehead atoms. The standard InChI is InChI=1S/C16H21BrClN/c17-11-13-7-8-14(10-15(13)18)19-9-3-6-16(19)12-4-1-2-5-12/h7-8,10,12,16H,1-6,9,11H2. The number of hydrogen-bond donors (Lipinski definition) is 0. The van der Waals surface area contributed by atoms with Crippen LogP contribution in [0.4, 0.5) is 5.69 Å². The van der Waals surface area contributed by atoms with Gasteiger partial charge >= 0.3 is 0 Å². The molecule has 1 heterocycles. The number of alkyl halides is 1. The van der Waals surface area contributed by atoms with Gasteiger partial charge in [-0.2, -0.15) is 0 Å². The lowest BCUT2D eigenvalue weighted by Gasteiger charge is -2.31. The van der Waals surface area contributed by atoms with Gasteiger partial charge in [-0.1, -0.05) is 46.4 Å². The maximum Gasteiger partial charge on any atom is 0.0467 e. The second-order valence-corrected chi connectivity index (χ2v) is 6.82. The lowest BCUT2D eigenvalue weighted by molar-refractivity contribution is 0.431. The Morgan fingerprint density at radius 1 is 1.16 bits per heavy atom. The van der Waals surface area contributed by atoms with Gasteiger partial charge in [0.25, 0.3) is 0 Å². The van der Waals surface area contributed by atoms with Gasteiger partial charge in [0.1, 0.15) is 0 Å². The van der Waals surface area contributed by atoms with Crippen molar-refractivity contribution in [1.82, 2.24) is 0 Å². The van der Waals surface area contributed by atoms with E-state index in [1.165, 1.54) is 56.3 Å². The minimum Gasteiger partial charge on any atom is -0.368 e. The van der Waals surface area contributed by atoms with Crippen LogP contribution in [0.3, 0.4) is 0 Å². The fourth-order valence-electron chi connectivity index (χ4n) is 3.77. The maximum atomic E-state index is 6.36. The average Bonchev–Trinajstić information content (AvgIpc) is 3.09. The number of nitrogens with zero attached hydrogens (tertiary/aromatic N) is 1. The van der Waals surface area contributed by atoms with Gasteiger partial charge in [-0.25, -0.2) is 0 Å². The molecule has 0 aromatic heterocycles. The van der Waals surface area contributed by atoms with Gasteiger partial charge in [-0.15, -0.1) is 0 Å². The van der Waals surface area contributed by atoms with Crippen molar-refractivity contribution >= 4 is 33.2 Å². The van der Waals surface area contributed by atoms with E-state index >= 15 is 0 Å². The van der Waals surface area contributed by atoms with Gasteiger partial charge in [-0.3, -0.25) is 0 Å². The molecule has 3 heteroatoms. The molecule has 1 aliphatic carbocycles. The van der Waals surface area contributed by atoms with E-state index in [9.17, 15) is 0 Å². The predicted octanol–water partition coefficient (Wildman–Crippen LogP) is 5.39. The Morgan fingerprint density at radius 3 is 2.63 bits per heavy atom. The van der Waals surface area contributed by atoms with Crippen molar-refractivity contribution in [2.24, 2.45) is 5.92 Å². The number of halogens is 2. The van der Waals surface area contributed by atoms with E-state index in [2.05, 4.69) is 39.0 Å². The van der Waals surface area contributed by atoms with Crippen molar-refractivity contribution in [3.63, 3.8) is 0 Å². The largest absolute Gasteiger partial charge is 0.368 e. The molecule has 2 fully saturated rings. The summed E-state index contributed by atoms with van der Waals surface area (Å²) in [6.45, 7) is 1.20. The fraction of sp³-hybridized carbons (Fsp3) is 0.625. The summed E-state index contributed by atoms with van der Waals surface area (Å²) in [7, 11) is 0. The van der Waals surface area contributed by atoms with Crippen LogP contribution < -0.4 is 4.90 Å². The first-order valence-electron chi connectivity index (χ1n) is 7.40. The Kier molecular flexibility index (Phi) is 4.38. The molecule has 1 aromatic rings. The smallest absolute Gasteiger partial charge is 0.0467 e. The minimum atomic E-state index is 0.758. The van der Waals surface area contributed by atoms with Crippen molar-refractivity contribution in [2.75, 3.05) is 11.4 Å². The van der Waals surface area contributed by atoms with Gasteiger partial charge in [-0.05, 0) is 49.3 Å². The lowest BCUT2D eigenvalue weighted by Crippen LogP contribution is -2.34. The highest BCUT2D eigenvalue weighted by atomic mass is 79.9. The SMILES string of the molecule is Clc1cc(N2CCCC2C2CCCC2)ccc1CBr. The highest BCUT2D eigenvalue weighted by Crippen LogP contribution is 2.38. The van der Waals surface area contributed by atoms with Crippen molar-refractivity contribution < 1.29 is 0 Å². The van der Waals surface area contributed by atoms with Crippen LogP contribution in [0.5, 0.6) is 0 Å². The summed E-state index contributed by atoms with van der Waals surface area (Å²) in [5.41, 5.74) is 2.51. The van der Waals surface area contributed by atoms with E-state index in [-0.39, 0.29) is 0 Å². The molecule has 2 aliphatic rings. The highest BCUT2D eigenvalue weighted by molar-refractivity contribution is 9.08. The van der Waals surface area contributed by atoms with Gasteiger partial charge in [0.2, 0.25) is 0 Å². The molecule has 1 aromatic carbocycles. The Balaban J connectivity index is 1.81. The minimum absolute atomic E-state index is 0.758. The number of anilines is 1. The summed E-state index contributed by atoms with van der Waals surface area (Å²) in [4.78, 5) is 2.61. The van der Waals surface area contributed by atoms with Crippen LogP contribution in [0, 0.1) is 5.92 Å². The van der Waals surface area contributed by atoms with Gasteiger partial charge in [0.05, 0.1) is 0 Å². The third-order valence-corrected chi connectivity index (χ3v) is 5.71. The van der Waals surface area contributed by atoms with Crippen molar-refractivity contribution in [3.05, 3.63) is 28.8 Å². The predicted molar refractivity (Wildman–Crippen MR) is 86.4 cm³/mol. The molecule has 0 radical (unpaired) electrons. The summed E-state index contributed by atoms with van der Waals surface area (Å²) in [6, 6.07) is 7.32. The van der Waals surface area contributed by atoms with Crippen LogP contribution in [-0.4, -0.2) is 12.6 Å². The Labute approximate surface area is 129 Å². The maximum absolute atomic E-state index is 6.36. The zero-order valence-electron chi connectivity index (χ0n) is 11.2. The monoisotopic (exact) mass is 341 g/mol. The van der Waals surface area contributed by atoms with Crippen molar-refractivity contribution in [1.29, 1.82) is 0 Å². The molecule has 1 saturated heterocycles. The number of hydrogen-bond acceptors (Lipinski definition) is 1. The van der Waals surface area contributed by atoms with E-state index in [1.54, 1.807) is 0 Å². The molecular weight excluding hydrogens is 322 g/mol. The van der Waals surface area contributed by atoms with E-state index in [1.807, 2.05) is 0 Å². The number of benzene rings is 1. The molecule has 1 saturated carbocycles. The molecule has 1 nitrogen and oxygen atoms in total. The summed E-state index contributed by atoms with van der Waals surface area (Å²) in [5, 5.41) is 1.73. The average molecular weight is 343 g/mol. The summed E-state index contributed by atoms with van der Waals surface area (Å²) >= 11 is 9.84. The van der Waals surface area contributed by atoms with Crippen LogP contribution >= 0.6 is 27.5 Å². The van der Waals surface area contributed by atoms with E-state index in [4.69, 9.17) is 11.6 Å². The third-order valence-electron chi connectivity index (χ3n) is 4.76. The lowest BCUT2D eigenvalue weighted by atomic mass is 9.95. The second kappa shape index (κ2) is 6.05. The van der Waals surface area contributed by atoms with E-state index in [0.717, 1.165) is 22.3 Å². The molecule has 3 rings (SSSR count). The summed E-state index contributed by atoms with van der Waals surface area (Å²) in [5.74, 6) is 0.914. The van der Waals surface area contributed by atoms with Crippen LogP contribution in [0.15, 0.2) is 18.2 Å². The normalized spacial score (nSPS) is 24.3. The third kappa shape index (κ3) is 2.80. The van der Waals surface area contributed by atoms with Crippen LogP contribution in [0.2, 0.25) is 5.02 Å². The molecule has 1 aliphatic heterocycles. The molecule has 0 amide bonds. The molecular formula is C16H21BrClN.